The van der Waals surface area contributed by atoms with Crippen molar-refractivity contribution in [2.24, 2.45) is 0 Å². The molecule has 98 valence electrons. The molecule has 0 radical (unpaired) electrons. The van der Waals surface area contributed by atoms with Crippen LogP contribution in [-0.2, 0) is 14.3 Å². The van der Waals surface area contributed by atoms with Gasteiger partial charge in [-0.25, -0.2) is 4.79 Å². The number of carbonyl (C=O) groups excluding carboxylic acids is 2. The first-order chi connectivity index (χ1) is 8.51. The Balaban J connectivity index is 2.94. The van der Waals surface area contributed by atoms with E-state index in [2.05, 4.69) is 4.74 Å². The van der Waals surface area contributed by atoms with Crippen LogP contribution in [0.5, 0.6) is 5.75 Å². The van der Waals surface area contributed by atoms with Crippen molar-refractivity contribution in [1.82, 2.24) is 0 Å². The van der Waals surface area contributed by atoms with Gasteiger partial charge < -0.3 is 14.4 Å². The zero-order valence-electron chi connectivity index (χ0n) is 11.0. The molecule has 0 unspecified atom stereocenters. The third kappa shape index (κ3) is 3.00. The average Bonchev–Trinajstić information content (AvgIpc) is 2.38. The van der Waals surface area contributed by atoms with E-state index in [0.29, 0.717) is 12.3 Å². The zero-order valence-corrected chi connectivity index (χ0v) is 11.0. The Hall–Kier alpha value is -2.04. The maximum Gasteiger partial charge on any atom is 0.397 e. The predicted molar refractivity (Wildman–Crippen MR) is 67.8 cm³/mol. The van der Waals surface area contributed by atoms with Crippen molar-refractivity contribution in [2.75, 3.05) is 25.7 Å². The molecule has 0 bridgehead atoms. The number of rotatable bonds is 3. The van der Waals surface area contributed by atoms with Gasteiger partial charge in [0.05, 0.1) is 13.7 Å². The number of esters is 1. The molecule has 0 aromatic heterocycles. The summed E-state index contributed by atoms with van der Waals surface area (Å²) in [6.45, 7) is 4.36. The molecular formula is C13H17NO4. The summed E-state index contributed by atoms with van der Waals surface area (Å²) in [6.07, 6.45) is 0. The molecule has 0 saturated carbocycles. The first kappa shape index (κ1) is 14.0. The van der Waals surface area contributed by atoms with Crippen molar-refractivity contribution in [3.05, 3.63) is 23.8 Å². The van der Waals surface area contributed by atoms with Gasteiger partial charge in [-0.1, -0.05) is 0 Å². The molecule has 0 aliphatic carbocycles. The lowest BCUT2D eigenvalue weighted by Crippen LogP contribution is -2.34. The second kappa shape index (κ2) is 6.05. The number of hydrogen-bond acceptors (Lipinski definition) is 4. The van der Waals surface area contributed by atoms with Crippen LogP contribution in [0.4, 0.5) is 5.69 Å². The fraction of sp³-hybridized carbons (Fsp3) is 0.385. The van der Waals surface area contributed by atoms with Crippen LogP contribution in [0.2, 0.25) is 0 Å². The lowest BCUT2D eigenvalue weighted by Gasteiger charge is -2.17. The molecular weight excluding hydrogens is 234 g/mol. The normalized spacial score (nSPS) is 9.78. The molecule has 5 nitrogen and oxygen atoms in total. The number of amides is 1. The second-order valence-corrected chi connectivity index (χ2v) is 3.74. The van der Waals surface area contributed by atoms with Crippen LogP contribution in [0, 0.1) is 6.92 Å². The summed E-state index contributed by atoms with van der Waals surface area (Å²) in [4.78, 5) is 24.0. The number of nitrogens with zero attached hydrogens (tertiary/aromatic N) is 1. The van der Waals surface area contributed by atoms with Crippen LogP contribution >= 0.6 is 0 Å². The van der Waals surface area contributed by atoms with Gasteiger partial charge in [-0.3, -0.25) is 4.79 Å². The van der Waals surface area contributed by atoms with E-state index in [4.69, 9.17) is 4.74 Å². The molecule has 0 aliphatic heterocycles. The highest BCUT2D eigenvalue weighted by molar-refractivity contribution is 6.37. The van der Waals surface area contributed by atoms with E-state index in [1.165, 1.54) is 19.1 Å². The van der Waals surface area contributed by atoms with E-state index < -0.39 is 11.9 Å². The van der Waals surface area contributed by atoms with Crippen LogP contribution in [-0.4, -0.2) is 32.6 Å². The van der Waals surface area contributed by atoms with E-state index in [0.717, 1.165) is 11.3 Å². The third-order valence-electron chi connectivity index (χ3n) is 2.51. The number of ether oxygens (including phenoxy) is 2. The Morgan fingerprint density at radius 2 is 2.00 bits per heavy atom. The Kier molecular flexibility index (Phi) is 4.71. The van der Waals surface area contributed by atoms with Crippen molar-refractivity contribution < 1.29 is 19.1 Å². The van der Waals surface area contributed by atoms with Gasteiger partial charge >= 0.3 is 11.9 Å². The summed E-state index contributed by atoms with van der Waals surface area (Å²) in [5.41, 5.74) is 1.52. The molecule has 1 aromatic rings. The number of hydrogen-bond donors (Lipinski definition) is 0. The van der Waals surface area contributed by atoms with Crippen LogP contribution in [0.15, 0.2) is 18.2 Å². The van der Waals surface area contributed by atoms with Crippen molar-refractivity contribution in [1.29, 1.82) is 0 Å². The fourth-order valence-corrected chi connectivity index (χ4v) is 1.50. The molecule has 0 N–H and O–H groups in total. The topological polar surface area (TPSA) is 55.8 Å². The van der Waals surface area contributed by atoms with E-state index in [1.807, 2.05) is 13.8 Å². The minimum Gasteiger partial charge on any atom is -0.494 e. The van der Waals surface area contributed by atoms with Gasteiger partial charge in [0.1, 0.15) is 5.75 Å². The number of likely N-dealkylation sites (N-methyl/N-ethyl adjacent to an activating group) is 1. The lowest BCUT2D eigenvalue weighted by molar-refractivity contribution is -0.151. The summed E-state index contributed by atoms with van der Waals surface area (Å²) in [5.74, 6) is -0.828. The summed E-state index contributed by atoms with van der Waals surface area (Å²) >= 11 is 0. The molecule has 1 rings (SSSR count). The van der Waals surface area contributed by atoms with Crippen LogP contribution in [0.1, 0.15) is 12.5 Å². The van der Waals surface area contributed by atoms with Crippen LogP contribution in [0.3, 0.4) is 0 Å². The van der Waals surface area contributed by atoms with E-state index in [1.54, 1.807) is 18.2 Å². The first-order valence-corrected chi connectivity index (χ1v) is 5.60. The number of methoxy groups -OCH3 is 1. The average molecular weight is 251 g/mol. The van der Waals surface area contributed by atoms with Crippen molar-refractivity contribution in [3.8, 4) is 5.75 Å². The quantitative estimate of drug-likeness (QED) is 0.604. The van der Waals surface area contributed by atoms with Crippen molar-refractivity contribution in [3.63, 3.8) is 0 Å². The highest BCUT2D eigenvalue weighted by Crippen LogP contribution is 2.24. The molecule has 0 fully saturated rings. The van der Waals surface area contributed by atoms with Crippen molar-refractivity contribution in [2.45, 2.75) is 13.8 Å². The molecule has 18 heavy (non-hydrogen) atoms. The lowest BCUT2D eigenvalue weighted by atomic mass is 10.2. The SMILES string of the molecule is CCOc1ccc(N(C)C(=O)C(=O)OC)cc1C. The Morgan fingerprint density at radius 3 is 2.50 bits per heavy atom. The van der Waals surface area contributed by atoms with Gasteiger partial charge in [-0.2, -0.15) is 0 Å². The molecule has 0 aliphatic rings. The summed E-state index contributed by atoms with van der Waals surface area (Å²) in [5, 5.41) is 0. The summed E-state index contributed by atoms with van der Waals surface area (Å²) < 4.78 is 9.80. The fourth-order valence-electron chi connectivity index (χ4n) is 1.50. The van der Waals surface area contributed by atoms with E-state index >= 15 is 0 Å². The standard InChI is InChI=1S/C13H17NO4/c1-5-18-11-7-6-10(8-9(11)2)14(3)12(15)13(16)17-4/h6-8H,5H2,1-4H3. The van der Waals surface area contributed by atoms with Gasteiger partial charge in [0.15, 0.2) is 0 Å². The predicted octanol–water partition coefficient (Wildman–Crippen LogP) is 1.53. The van der Waals surface area contributed by atoms with Crippen LogP contribution < -0.4 is 9.64 Å². The molecule has 1 amide bonds. The summed E-state index contributed by atoms with van der Waals surface area (Å²) in [7, 11) is 2.70. The maximum atomic E-state index is 11.6. The molecule has 0 saturated heterocycles. The molecule has 0 heterocycles. The molecule has 5 heteroatoms. The van der Waals surface area contributed by atoms with Gasteiger partial charge in [0.25, 0.3) is 0 Å². The number of anilines is 1. The van der Waals surface area contributed by atoms with E-state index in [9.17, 15) is 9.59 Å². The number of carbonyl (C=O) groups is 2. The van der Waals surface area contributed by atoms with Crippen LogP contribution in [0.25, 0.3) is 0 Å². The maximum absolute atomic E-state index is 11.6. The van der Waals surface area contributed by atoms with Crippen molar-refractivity contribution >= 4 is 17.6 Å². The van der Waals surface area contributed by atoms with Gasteiger partial charge in [0.2, 0.25) is 0 Å². The Labute approximate surface area is 106 Å². The third-order valence-corrected chi connectivity index (χ3v) is 2.51. The second-order valence-electron chi connectivity index (χ2n) is 3.74. The van der Waals surface area contributed by atoms with Gasteiger partial charge in [-0.05, 0) is 37.6 Å². The minimum atomic E-state index is -0.885. The Morgan fingerprint density at radius 1 is 1.33 bits per heavy atom. The number of aryl methyl sites for hydroxylation is 1. The smallest absolute Gasteiger partial charge is 0.397 e. The highest BCUT2D eigenvalue weighted by Gasteiger charge is 2.20. The molecule has 0 spiro atoms. The highest BCUT2D eigenvalue weighted by atomic mass is 16.5. The monoisotopic (exact) mass is 251 g/mol. The molecule has 1 aromatic carbocycles. The van der Waals surface area contributed by atoms with Gasteiger partial charge in [0, 0.05) is 12.7 Å². The van der Waals surface area contributed by atoms with E-state index in [-0.39, 0.29) is 0 Å². The van der Waals surface area contributed by atoms with Gasteiger partial charge in [-0.15, -0.1) is 0 Å². The Bertz CT molecular complexity index is 456. The molecule has 0 atom stereocenters. The summed E-state index contributed by atoms with van der Waals surface area (Å²) in [6, 6.07) is 5.28. The minimum absolute atomic E-state index is 0.580. The first-order valence-electron chi connectivity index (χ1n) is 5.60. The zero-order chi connectivity index (χ0) is 13.7. The number of benzene rings is 1. The largest absolute Gasteiger partial charge is 0.494 e.